The van der Waals surface area contributed by atoms with Crippen molar-refractivity contribution in [3.63, 3.8) is 0 Å². The number of likely N-dealkylation sites (tertiary alicyclic amines) is 1. The molecule has 0 aromatic heterocycles. The summed E-state index contributed by atoms with van der Waals surface area (Å²) in [5.41, 5.74) is 2.00. The van der Waals surface area contributed by atoms with Crippen molar-refractivity contribution in [3.8, 4) is 0 Å². The van der Waals surface area contributed by atoms with E-state index in [-0.39, 0.29) is 17.2 Å². The van der Waals surface area contributed by atoms with Gasteiger partial charge in [0.05, 0.1) is 5.38 Å². The molecule has 1 aliphatic carbocycles. The fourth-order valence-electron chi connectivity index (χ4n) is 2.84. The molecule has 0 radical (unpaired) electrons. The average Bonchev–Trinajstić information content (AvgIpc) is 3.33. The second-order valence-electron chi connectivity index (χ2n) is 6.21. The summed E-state index contributed by atoms with van der Waals surface area (Å²) < 4.78 is 0. The summed E-state index contributed by atoms with van der Waals surface area (Å²) in [4.78, 5) is 14.2. The number of benzene rings is 1. The molecule has 1 N–H and O–H groups in total. The maximum Gasteiger partial charge on any atom is 0.227 e. The number of carbonyl (C=O) groups is 1. The zero-order chi connectivity index (χ0) is 14.7. The topological polar surface area (TPSA) is 32.3 Å². The van der Waals surface area contributed by atoms with Crippen LogP contribution in [0, 0.1) is 5.92 Å². The van der Waals surface area contributed by atoms with E-state index in [0.717, 1.165) is 30.6 Å². The highest BCUT2D eigenvalue weighted by Crippen LogP contribution is 2.30. The predicted octanol–water partition coefficient (Wildman–Crippen LogP) is 3.80. The lowest BCUT2D eigenvalue weighted by atomic mass is 10.1. The van der Waals surface area contributed by atoms with Crippen LogP contribution >= 0.6 is 11.6 Å². The Morgan fingerprint density at radius 3 is 2.48 bits per heavy atom. The molecule has 114 valence electrons. The third kappa shape index (κ3) is 4.21. The highest BCUT2D eigenvalue weighted by Gasteiger charge is 2.29. The van der Waals surface area contributed by atoms with E-state index in [2.05, 4.69) is 10.2 Å². The van der Waals surface area contributed by atoms with E-state index in [9.17, 15) is 4.79 Å². The fraction of sp³-hybridized carbons (Fsp3) is 0.588. The van der Waals surface area contributed by atoms with E-state index in [0.29, 0.717) is 0 Å². The van der Waals surface area contributed by atoms with E-state index >= 15 is 0 Å². The SMILES string of the molecule is O=C(Nc1ccc(C(Cl)CN2CCCCC2)cc1)C1CC1. The number of carbonyl (C=O) groups excluding carboxylic acids is 1. The van der Waals surface area contributed by atoms with E-state index in [1.807, 2.05) is 24.3 Å². The minimum absolute atomic E-state index is 0.0243. The Kier molecular flexibility index (Phi) is 4.81. The van der Waals surface area contributed by atoms with Crippen molar-refractivity contribution in [3.05, 3.63) is 29.8 Å². The van der Waals surface area contributed by atoms with Gasteiger partial charge in [-0.3, -0.25) is 4.79 Å². The number of halogens is 1. The molecule has 1 aliphatic heterocycles. The number of nitrogens with one attached hydrogen (secondary N) is 1. The van der Waals surface area contributed by atoms with Gasteiger partial charge in [-0.15, -0.1) is 11.6 Å². The Hall–Kier alpha value is -1.06. The van der Waals surface area contributed by atoms with Crippen molar-refractivity contribution < 1.29 is 4.79 Å². The molecular formula is C17H23ClN2O. The number of hydrogen-bond donors (Lipinski definition) is 1. The molecule has 1 atom stereocenters. The first-order valence-electron chi connectivity index (χ1n) is 7.99. The van der Waals surface area contributed by atoms with Gasteiger partial charge in [0.2, 0.25) is 5.91 Å². The minimum Gasteiger partial charge on any atom is -0.326 e. The Labute approximate surface area is 131 Å². The zero-order valence-corrected chi connectivity index (χ0v) is 13.1. The van der Waals surface area contributed by atoms with Crippen molar-refractivity contribution >= 4 is 23.2 Å². The van der Waals surface area contributed by atoms with Gasteiger partial charge < -0.3 is 10.2 Å². The maximum atomic E-state index is 11.7. The van der Waals surface area contributed by atoms with Crippen LogP contribution < -0.4 is 5.32 Å². The molecule has 1 amide bonds. The van der Waals surface area contributed by atoms with Gasteiger partial charge in [0.25, 0.3) is 0 Å². The molecule has 2 fully saturated rings. The highest BCUT2D eigenvalue weighted by atomic mass is 35.5. The summed E-state index contributed by atoms with van der Waals surface area (Å²) in [5.74, 6) is 0.392. The van der Waals surface area contributed by atoms with Gasteiger partial charge in [0.15, 0.2) is 0 Å². The number of alkyl halides is 1. The van der Waals surface area contributed by atoms with Gasteiger partial charge in [-0.05, 0) is 56.5 Å². The summed E-state index contributed by atoms with van der Waals surface area (Å²) >= 11 is 6.53. The van der Waals surface area contributed by atoms with Gasteiger partial charge in [-0.25, -0.2) is 0 Å². The van der Waals surface area contributed by atoms with Crippen molar-refractivity contribution in [1.82, 2.24) is 4.90 Å². The highest BCUT2D eigenvalue weighted by molar-refractivity contribution is 6.21. The molecule has 1 saturated carbocycles. The number of rotatable bonds is 5. The number of piperidine rings is 1. The van der Waals surface area contributed by atoms with Crippen LogP contribution in [-0.4, -0.2) is 30.4 Å². The summed E-state index contributed by atoms with van der Waals surface area (Å²) in [5, 5.41) is 2.98. The molecule has 1 aromatic rings. The summed E-state index contributed by atoms with van der Waals surface area (Å²) in [6.45, 7) is 3.24. The molecular weight excluding hydrogens is 284 g/mol. The monoisotopic (exact) mass is 306 g/mol. The second-order valence-corrected chi connectivity index (χ2v) is 6.74. The minimum atomic E-state index is 0.0243. The van der Waals surface area contributed by atoms with E-state index in [1.54, 1.807) is 0 Å². The molecule has 1 saturated heterocycles. The Morgan fingerprint density at radius 1 is 1.19 bits per heavy atom. The largest absolute Gasteiger partial charge is 0.326 e. The van der Waals surface area contributed by atoms with Crippen molar-refractivity contribution in [1.29, 1.82) is 0 Å². The van der Waals surface area contributed by atoms with Crippen molar-refractivity contribution in [2.24, 2.45) is 5.92 Å². The van der Waals surface area contributed by atoms with Gasteiger partial charge in [-0.1, -0.05) is 18.6 Å². The molecule has 1 heterocycles. The van der Waals surface area contributed by atoms with Crippen LogP contribution in [0.1, 0.15) is 43.0 Å². The predicted molar refractivity (Wildman–Crippen MR) is 86.7 cm³/mol. The lowest BCUT2D eigenvalue weighted by Gasteiger charge is -2.28. The lowest BCUT2D eigenvalue weighted by Crippen LogP contribution is -2.32. The van der Waals surface area contributed by atoms with Crippen LogP contribution in [-0.2, 0) is 4.79 Å². The molecule has 21 heavy (non-hydrogen) atoms. The quantitative estimate of drug-likeness (QED) is 0.839. The first-order valence-corrected chi connectivity index (χ1v) is 8.43. The number of hydrogen-bond acceptors (Lipinski definition) is 2. The number of anilines is 1. The standard InChI is InChI=1S/C17H23ClN2O/c18-16(12-20-10-2-1-3-11-20)13-6-8-15(9-7-13)19-17(21)14-4-5-14/h6-9,14,16H,1-5,10-12H2,(H,19,21). The molecule has 4 heteroatoms. The molecule has 0 spiro atoms. The first-order chi connectivity index (χ1) is 10.2. The van der Waals surface area contributed by atoms with E-state index in [4.69, 9.17) is 11.6 Å². The van der Waals surface area contributed by atoms with Crippen LogP contribution in [0.4, 0.5) is 5.69 Å². The second kappa shape index (κ2) is 6.80. The molecule has 3 rings (SSSR count). The fourth-order valence-corrected chi connectivity index (χ4v) is 3.18. The van der Waals surface area contributed by atoms with Gasteiger partial charge >= 0.3 is 0 Å². The Balaban J connectivity index is 1.53. The van der Waals surface area contributed by atoms with Crippen LogP contribution in [0.5, 0.6) is 0 Å². The first kappa shape index (κ1) is 14.9. The Morgan fingerprint density at radius 2 is 1.86 bits per heavy atom. The summed E-state index contributed by atoms with van der Waals surface area (Å²) in [7, 11) is 0. The third-order valence-electron chi connectivity index (χ3n) is 4.36. The molecule has 0 bridgehead atoms. The van der Waals surface area contributed by atoms with Gasteiger partial charge in [0, 0.05) is 18.2 Å². The number of amides is 1. The summed E-state index contributed by atoms with van der Waals surface area (Å²) in [6.07, 6.45) is 5.98. The van der Waals surface area contributed by atoms with Crippen LogP contribution in [0.2, 0.25) is 0 Å². The molecule has 1 aromatic carbocycles. The lowest BCUT2D eigenvalue weighted by molar-refractivity contribution is -0.117. The summed E-state index contributed by atoms with van der Waals surface area (Å²) in [6, 6.07) is 7.98. The van der Waals surface area contributed by atoms with Crippen LogP contribution in [0.25, 0.3) is 0 Å². The number of nitrogens with zero attached hydrogens (tertiary/aromatic N) is 1. The zero-order valence-electron chi connectivity index (χ0n) is 12.4. The van der Waals surface area contributed by atoms with Crippen LogP contribution in [0.15, 0.2) is 24.3 Å². The van der Waals surface area contributed by atoms with Crippen molar-refractivity contribution in [2.75, 3.05) is 25.0 Å². The maximum absolute atomic E-state index is 11.7. The van der Waals surface area contributed by atoms with Crippen molar-refractivity contribution in [2.45, 2.75) is 37.5 Å². The molecule has 2 aliphatic rings. The van der Waals surface area contributed by atoms with E-state index in [1.165, 1.54) is 32.4 Å². The van der Waals surface area contributed by atoms with Gasteiger partial charge in [-0.2, -0.15) is 0 Å². The molecule has 3 nitrogen and oxygen atoms in total. The van der Waals surface area contributed by atoms with Gasteiger partial charge in [0.1, 0.15) is 0 Å². The van der Waals surface area contributed by atoms with E-state index < -0.39 is 0 Å². The smallest absolute Gasteiger partial charge is 0.227 e. The third-order valence-corrected chi connectivity index (χ3v) is 4.75. The van der Waals surface area contributed by atoms with Crippen LogP contribution in [0.3, 0.4) is 0 Å². The Bertz CT molecular complexity index is 478. The average molecular weight is 307 g/mol. The normalized spacial score (nSPS) is 21.0. The molecule has 1 unspecified atom stereocenters.